The van der Waals surface area contributed by atoms with Gasteiger partial charge in [-0.15, -0.1) is 0 Å². The molecule has 0 saturated heterocycles. The summed E-state index contributed by atoms with van der Waals surface area (Å²) in [6.07, 6.45) is 0.590. The number of primary amides is 1. The van der Waals surface area contributed by atoms with Crippen molar-refractivity contribution in [2.24, 2.45) is 23.5 Å². The number of amides is 1. The Hall–Kier alpha value is -3.17. The highest BCUT2D eigenvalue weighted by atomic mass is 16.4. The molecule has 206 valence electrons. The van der Waals surface area contributed by atoms with Crippen molar-refractivity contribution in [1.82, 2.24) is 0 Å². The summed E-state index contributed by atoms with van der Waals surface area (Å²) in [5, 5.41) is 56.3. The molecule has 1 saturated carbocycles. The number of phenols is 1. The number of fused-ring (bicyclic) bond motifs is 3. The minimum atomic E-state index is -2.84. The van der Waals surface area contributed by atoms with Crippen LogP contribution < -0.4 is 5.73 Å². The average Bonchev–Trinajstić information content (AvgIpc) is 2.81. The third-order valence-corrected chi connectivity index (χ3v) is 8.81. The van der Waals surface area contributed by atoms with Gasteiger partial charge in [0.1, 0.15) is 22.8 Å². The first-order valence-electron chi connectivity index (χ1n) is 13.1. The van der Waals surface area contributed by atoms with E-state index in [1.165, 1.54) is 0 Å². The molecule has 5 atom stereocenters. The summed E-state index contributed by atoms with van der Waals surface area (Å²) < 4.78 is 0. The number of aromatic hydroxyl groups is 1. The molecule has 1 amide bonds. The zero-order chi connectivity index (χ0) is 28.5. The molecule has 1 fully saturated rings. The first-order valence-corrected chi connectivity index (χ1v) is 13.1. The van der Waals surface area contributed by atoms with Gasteiger partial charge in [-0.1, -0.05) is 59.6 Å². The van der Waals surface area contributed by atoms with Crippen LogP contribution in [0.5, 0.6) is 5.75 Å². The molecule has 4 rings (SSSR count). The number of Topliss-reactive ketones (excluding diaryl/α,β-unsaturated/α-hetero) is 2. The smallest absolute Gasteiger partial charge is 0.255 e. The number of carbonyl (C=O) groups excluding carboxylic acids is 3. The van der Waals surface area contributed by atoms with Gasteiger partial charge in [-0.2, -0.15) is 0 Å². The quantitative estimate of drug-likeness (QED) is 0.306. The molecule has 0 bridgehead atoms. The molecular formula is C29H37NO8. The van der Waals surface area contributed by atoms with Crippen molar-refractivity contribution in [1.29, 1.82) is 0 Å². The van der Waals surface area contributed by atoms with Crippen LogP contribution in [0.25, 0.3) is 5.76 Å². The van der Waals surface area contributed by atoms with E-state index < -0.39 is 75.9 Å². The van der Waals surface area contributed by atoms with Crippen LogP contribution >= 0.6 is 0 Å². The molecular weight excluding hydrogens is 490 g/mol. The van der Waals surface area contributed by atoms with Gasteiger partial charge in [0.05, 0.1) is 11.7 Å². The fraction of sp³-hybridized carbons (Fsp3) is 0.552. The Morgan fingerprint density at radius 3 is 2.39 bits per heavy atom. The van der Waals surface area contributed by atoms with Gasteiger partial charge in [-0.05, 0) is 29.2 Å². The van der Waals surface area contributed by atoms with Crippen LogP contribution in [-0.4, -0.2) is 54.7 Å². The average molecular weight is 528 g/mol. The Kier molecular flexibility index (Phi) is 6.77. The maximum Gasteiger partial charge on any atom is 0.255 e. The molecule has 9 nitrogen and oxygen atoms in total. The number of rotatable bonds is 6. The Morgan fingerprint density at radius 2 is 1.82 bits per heavy atom. The van der Waals surface area contributed by atoms with Crippen LogP contribution in [0.2, 0.25) is 0 Å². The monoisotopic (exact) mass is 527 g/mol. The van der Waals surface area contributed by atoms with Crippen molar-refractivity contribution >= 4 is 23.2 Å². The number of ketones is 2. The lowest BCUT2D eigenvalue weighted by atomic mass is 9.55. The van der Waals surface area contributed by atoms with E-state index in [1.807, 2.05) is 13.8 Å². The number of hydrogen-bond donors (Lipinski definition) is 6. The molecule has 9 heteroatoms. The maximum absolute atomic E-state index is 13.8. The SMILES string of the molecule is CC(C)CCCC(C)(C)c1ccc2c(c1O)C(O)=C1C(=O)[C@]3(O)C(O)=C(C(N)=O)C(=O)C[C@@H]3[C@@H](O)[C@@H]1[C@H]2C. The Bertz CT molecular complexity index is 1290. The van der Waals surface area contributed by atoms with Gasteiger partial charge in [-0.25, -0.2) is 0 Å². The second kappa shape index (κ2) is 9.24. The van der Waals surface area contributed by atoms with Gasteiger partial charge in [0, 0.05) is 29.4 Å². The number of nitrogens with two attached hydrogens (primary N) is 1. The van der Waals surface area contributed by atoms with Gasteiger partial charge < -0.3 is 31.3 Å². The van der Waals surface area contributed by atoms with Crippen LogP contribution in [0.15, 0.2) is 29.0 Å². The molecule has 7 N–H and O–H groups in total. The summed E-state index contributed by atoms with van der Waals surface area (Å²) >= 11 is 0. The maximum atomic E-state index is 13.8. The lowest BCUT2D eigenvalue weighted by Gasteiger charge is -2.50. The summed E-state index contributed by atoms with van der Waals surface area (Å²) in [6, 6.07) is 3.56. The minimum Gasteiger partial charge on any atom is -0.508 e. The lowest BCUT2D eigenvalue weighted by Crippen LogP contribution is -2.63. The summed E-state index contributed by atoms with van der Waals surface area (Å²) in [4.78, 5) is 38.2. The Morgan fingerprint density at radius 1 is 1.18 bits per heavy atom. The summed E-state index contributed by atoms with van der Waals surface area (Å²) in [5.41, 5.74) is 1.78. The molecule has 3 aliphatic carbocycles. The second-order valence-electron chi connectivity index (χ2n) is 12.1. The molecule has 0 aromatic heterocycles. The first kappa shape index (κ1) is 27.9. The largest absolute Gasteiger partial charge is 0.508 e. The van der Waals surface area contributed by atoms with Crippen molar-refractivity contribution in [3.8, 4) is 5.75 Å². The molecule has 0 radical (unpaired) electrons. The topological polar surface area (TPSA) is 178 Å². The summed E-state index contributed by atoms with van der Waals surface area (Å²) in [7, 11) is 0. The number of hydrogen-bond acceptors (Lipinski definition) is 8. The highest BCUT2D eigenvalue weighted by Gasteiger charge is 2.64. The van der Waals surface area contributed by atoms with Gasteiger partial charge in [0.15, 0.2) is 11.4 Å². The number of aliphatic hydroxyl groups excluding tert-OH is 3. The van der Waals surface area contributed by atoms with Crippen molar-refractivity contribution in [2.45, 2.75) is 83.3 Å². The number of aliphatic hydroxyl groups is 4. The molecule has 0 heterocycles. The van der Waals surface area contributed by atoms with E-state index in [9.17, 15) is 39.9 Å². The van der Waals surface area contributed by atoms with Crippen molar-refractivity contribution < 1.29 is 39.9 Å². The van der Waals surface area contributed by atoms with E-state index in [4.69, 9.17) is 5.73 Å². The normalized spacial score (nSPS) is 29.4. The van der Waals surface area contributed by atoms with Crippen LogP contribution in [0.1, 0.15) is 82.9 Å². The molecule has 38 heavy (non-hydrogen) atoms. The minimum absolute atomic E-state index is 0.0336. The van der Waals surface area contributed by atoms with Crippen molar-refractivity contribution in [2.75, 3.05) is 0 Å². The molecule has 1 aromatic rings. The predicted molar refractivity (Wildman–Crippen MR) is 139 cm³/mol. The van der Waals surface area contributed by atoms with E-state index in [0.717, 1.165) is 19.3 Å². The molecule has 0 spiro atoms. The van der Waals surface area contributed by atoms with Crippen LogP contribution in [0.4, 0.5) is 0 Å². The lowest BCUT2D eigenvalue weighted by molar-refractivity contribution is -0.160. The van der Waals surface area contributed by atoms with Gasteiger partial charge in [0.25, 0.3) is 5.91 Å². The van der Waals surface area contributed by atoms with E-state index in [2.05, 4.69) is 13.8 Å². The van der Waals surface area contributed by atoms with E-state index in [0.29, 0.717) is 17.0 Å². The van der Waals surface area contributed by atoms with Gasteiger partial charge >= 0.3 is 0 Å². The van der Waals surface area contributed by atoms with Crippen LogP contribution in [-0.2, 0) is 19.8 Å². The fourth-order valence-electron chi connectivity index (χ4n) is 6.63. The standard InChI is InChI=1S/C29H37NO8/c1-12(2)7-6-10-28(4,5)15-9-8-14-13(3)18-21(24(34)19(14)22(15)32)26(36)29(38)16(23(18)33)11-17(31)20(25(29)35)27(30)37/h8-9,12-13,16,18,23,32-35,38H,6-7,10-11H2,1-5H3,(H2,30,37)/t13-,16+,18+,23+,29+/m0/s1. The van der Waals surface area contributed by atoms with E-state index in [1.54, 1.807) is 19.1 Å². The van der Waals surface area contributed by atoms with E-state index >= 15 is 0 Å². The second-order valence-corrected chi connectivity index (χ2v) is 12.1. The molecule has 0 unspecified atom stereocenters. The highest BCUT2D eigenvalue weighted by Crippen LogP contribution is 2.56. The van der Waals surface area contributed by atoms with Crippen LogP contribution in [0.3, 0.4) is 0 Å². The Labute approximate surface area is 221 Å². The van der Waals surface area contributed by atoms with Gasteiger partial charge in [-0.3, -0.25) is 14.4 Å². The third-order valence-electron chi connectivity index (χ3n) is 8.81. The zero-order valence-corrected chi connectivity index (χ0v) is 22.4. The molecule has 3 aliphatic rings. The fourth-order valence-corrected chi connectivity index (χ4v) is 6.63. The number of phenolic OH excluding ortho intramolecular Hbond substituents is 1. The summed E-state index contributed by atoms with van der Waals surface area (Å²) in [6.45, 7) is 9.98. The zero-order valence-electron chi connectivity index (χ0n) is 22.4. The summed E-state index contributed by atoms with van der Waals surface area (Å²) in [5.74, 6) is -7.92. The van der Waals surface area contributed by atoms with Crippen molar-refractivity contribution in [3.63, 3.8) is 0 Å². The first-order chi connectivity index (χ1) is 17.6. The number of carbonyl (C=O) groups is 3. The molecule has 1 aromatic carbocycles. The van der Waals surface area contributed by atoms with Crippen LogP contribution in [0, 0.1) is 17.8 Å². The van der Waals surface area contributed by atoms with E-state index in [-0.39, 0.29) is 16.9 Å². The van der Waals surface area contributed by atoms with Crippen molar-refractivity contribution in [3.05, 3.63) is 45.7 Å². The van der Waals surface area contributed by atoms with Gasteiger partial charge in [0.2, 0.25) is 5.78 Å². The molecule has 0 aliphatic heterocycles. The predicted octanol–water partition coefficient (Wildman–Crippen LogP) is 3.06. The third kappa shape index (κ3) is 3.86. The number of benzene rings is 1. The Balaban J connectivity index is 1.89. The highest BCUT2D eigenvalue weighted by molar-refractivity contribution is 6.23.